The molecular formula is C27H32N4O4. The summed E-state index contributed by atoms with van der Waals surface area (Å²) in [4.78, 5) is 20.2. The number of fused-ring (bicyclic) bond motifs is 2. The summed E-state index contributed by atoms with van der Waals surface area (Å²) in [5.41, 5.74) is 7.68. The first-order valence-corrected chi connectivity index (χ1v) is 11.8. The zero-order chi connectivity index (χ0) is 24.8. The van der Waals surface area contributed by atoms with Crippen molar-refractivity contribution in [3.05, 3.63) is 58.5 Å². The van der Waals surface area contributed by atoms with E-state index in [2.05, 4.69) is 22.2 Å². The van der Waals surface area contributed by atoms with Gasteiger partial charge in [0.2, 0.25) is 0 Å². The van der Waals surface area contributed by atoms with Crippen molar-refractivity contribution in [3.8, 4) is 11.5 Å². The van der Waals surface area contributed by atoms with Crippen molar-refractivity contribution in [1.29, 1.82) is 0 Å². The molecule has 0 bridgehead atoms. The largest absolute Gasteiger partial charge is 0.493 e. The summed E-state index contributed by atoms with van der Waals surface area (Å²) in [5.74, 6) is 1.37. The molecule has 0 atom stereocenters. The van der Waals surface area contributed by atoms with E-state index < -0.39 is 0 Å². The van der Waals surface area contributed by atoms with E-state index in [9.17, 15) is 0 Å². The third-order valence-electron chi connectivity index (χ3n) is 6.24. The Hall–Kier alpha value is -3.68. The minimum Gasteiger partial charge on any atom is -0.493 e. The van der Waals surface area contributed by atoms with E-state index in [0.717, 1.165) is 71.5 Å². The second-order valence-corrected chi connectivity index (χ2v) is 8.49. The molecular weight excluding hydrogens is 444 g/mol. The topological polar surface area (TPSA) is 87.4 Å². The van der Waals surface area contributed by atoms with Gasteiger partial charge in [-0.15, -0.1) is 0 Å². The molecule has 1 aromatic carbocycles. The fourth-order valence-electron chi connectivity index (χ4n) is 4.42. The van der Waals surface area contributed by atoms with Crippen molar-refractivity contribution in [1.82, 2.24) is 9.97 Å². The van der Waals surface area contributed by atoms with Crippen molar-refractivity contribution in [2.75, 3.05) is 27.9 Å². The summed E-state index contributed by atoms with van der Waals surface area (Å²) < 4.78 is 11.0. The minimum absolute atomic E-state index is 0.507. The number of nitrogens with zero attached hydrogens (tertiary/aromatic N) is 4. The summed E-state index contributed by atoms with van der Waals surface area (Å²) in [6, 6.07) is 9.84. The molecule has 0 saturated heterocycles. The first-order chi connectivity index (χ1) is 17.0. The molecule has 4 rings (SSSR count). The predicted molar refractivity (Wildman–Crippen MR) is 137 cm³/mol. The fraction of sp³-hybridized carbons (Fsp3) is 0.407. The maximum absolute atomic E-state index is 5.73. The van der Waals surface area contributed by atoms with Gasteiger partial charge in [0.05, 0.1) is 31.1 Å². The van der Waals surface area contributed by atoms with Crippen molar-refractivity contribution < 1.29 is 19.1 Å². The first-order valence-electron chi connectivity index (χ1n) is 11.8. The van der Waals surface area contributed by atoms with Crippen LogP contribution < -0.4 is 9.47 Å². The number of pyridine rings is 2. The summed E-state index contributed by atoms with van der Waals surface area (Å²) >= 11 is 0. The lowest BCUT2D eigenvalue weighted by molar-refractivity contribution is 0.141. The van der Waals surface area contributed by atoms with Gasteiger partial charge in [-0.1, -0.05) is 16.4 Å². The quantitative estimate of drug-likeness (QED) is 0.245. The van der Waals surface area contributed by atoms with Crippen LogP contribution in [0.15, 0.2) is 40.6 Å². The molecule has 3 aromatic rings. The Morgan fingerprint density at radius 1 is 1.03 bits per heavy atom. The second kappa shape index (κ2) is 11.2. The lowest BCUT2D eigenvalue weighted by atomic mass is 9.89. The van der Waals surface area contributed by atoms with Crippen molar-refractivity contribution in [2.24, 2.45) is 10.3 Å². The molecule has 1 aliphatic rings. The average molecular weight is 477 g/mol. The SMILES string of the molecule is CON=C(C)c1cccc(CCCON=C2CCCc3c2nc2cc(OC)c(OC)cc2c3C)n1. The van der Waals surface area contributed by atoms with Crippen LogP contribution >= 0.6 is 0 Å². The molecule has 2 aromatic heterocycles. The van der Waals surface area contributed by atoms with Gasteiger partial charge in [-0.25, -0.2) is 4.98 Å². The highest BCUT2D eigenvalue weighted by molar-refractivity contribution is 6.03. The van der Waals surface area contributed by atoms with E-state index in [-0.39, 0.29) is 0 Å². The van der Waals surface area contributed by atoms with Crippen LogP contribution in [0.3, 0.4) is 0 Å². The molecule has 0 spiro atoms. The molecule has 0 aliphatic heterocycles. The van der Waals surface area contributed by atoms with Crippen molar-refractivity contribution >= 4 is 22.3 Å². The number of aryl methyl sites for hydroxylation is 2. The standard InChI is InChI=1S/C27H32N4O4/c1-17-20-11-7-13-23(27(20)29-24-16-26(33-4)25(32-3)15-21(17)24)31-35-14-8-10-19-9-6-12-22(28-19)18(2)30-34-5/h6,9,12,15-16H,7-8,10-11,13-14H2,1-5H3. The predicted octanol–water partition coefficient (Wildman–Crippen LogP) is 5.02. The van der Waals surface area contributed by atoms with Crippen LogP contribution in [0.1, 0.15) is 54.4 Å². The zero-order valence-electron chi connectivity index (χ0n) is 21.1. The molecule has 184 valence electrons. The molecule has 0 saturated carbocycles. The van der Waals surface area contributed by atoms with Crippen LogP contribution in [-0.4, -0.2) is 49.3 Å². The van der Waals surface area contributed by atoms with Crippen LogP contribution in [-0.2, 0) is 22.5 Å². The number of hydrogen-bond acceptors (Lipinski definition) is 8. The Bertz CT molecular complexity index is 1270. The molecule has 0 unspecified atom stereocenters. The van der Waals surface area contributed by atoms with Crippen molar-refractivity contribution in [2.45, 2.75) is 46.0 Å². The summed E-state index contributed by atoms with van der Waals surface area (Å²) in [7, 11) is 4.82. The number of rotatable bonds is 9. The van der Waals surface area contributed by atoms with Gasteiger partial charge in [0.15, 0.2) is 11.5 Å². The number of methoxy groups -OCH3 is 2. The molecule has 0 fully saturated rings. The van der Waals surface area contributed by atoms with E-state index in [0.29, 0.717) is 18.1 Å². The number of ether oxygens (including phenoxy) is 2. The van der Waals surface area contributed by atoms with E-state index in [1.54, 1.807) is 14.2 Å². The van der Waals surface area contributed by atoms with Gasteiger partial charge in [-0.2, -0.15) is 0 Å². The Morgan fingerprint density at radius 2 is 1.83 bits per heavy atom. The van der Waals surface area contributed by atoms with Gasteiger partial charge in [0.1, 0.15) is 25.1 Å². The molecule has 1 aliphatic carbocycles. The van der Waals surface area contributed by atoms with Gasteiger partial charge < -0.3 is 19.1 Å². The third kappa shape index (κ3) is 5.37. The molecule has 0 radical (unpaired) electrons. The average Bonchev–Trinajstić information content (AvgIpc) is 2.88. The second-order valence-electron chi connectivity index (χ2n) is 8.49. The monoisotopic (exact) mass is 476 g/mol. The molecule has 35 heavy (non-hydrogen) atoms. The Balaban J connectivity index is 1.47. The van der Waals surface area contributed by atoms with E-state index in [1.807, 2.05) is 37.3 Å². The number of hydrogen-bond donors (Lipinski definition) is 0. The Labute approximate surface area is 206 Å². The van der Waals surface area contributed by atoms with Crippen LogP contribution in [0.2, 0.25) is 0 Å². The first kappa shape index (κ1) is 24.4. The maximum Gasteiger partial charge on any atom is 0.162 e. The van der Waals surface area contributed by atoms with Crippen LogP contribution in [0.25, 0.3) is 10.9 Å². The summed E-state index contributed by atoms with van der Waals surface area (Å²) in [6.07, 6.45) is 4.45. The van der Waals surface area contributed by atoms with Gasteiger partial charge >= 0.3 is 0 Å². The summed E-state index contributed by atoms with van der Waals surface area (Å²) in [6.45, 7) is 4.52. The lowest BCUT2D eigenvalue weighted by Crippen LogP contribution is -2.16. The van der Waals surface area contributed by atoms with Gasteiger partial charge in [-0.3, -0.25) is 4.98 Å². The molecule has 0 amide bonds. The number of aromatic nitrogens is 2. The Morgan fingerprint density at radius 3 is 2.60 bits per heavy atom. The molecule has 2 heterocycles. The van der Waals surface area contributed by atoms with Crippen LogP contribution in [0.5, 0.6) is 11.5 Å². The van der Waals surface area contributed by atoms with Crippen molar-refractivity contribution in [3.63, 3.8) is 0 Å². The zero-order valence-corrected chi connectivity index (χ0v) is 21.1. The highest BCUT2D eigenvalue weighted by Crippen LogP contribution is 2.36. The van der Waals surface area contributed by atoms with E-state index >= 15 is 0 Å². The lowest BCUT2D eigenvalue weighted by Gasteiger charge is -2.21. The van der Waals surface area contributed by atoms with Gasteiger partial charge in [-0.05, 0) is 75.3 Å². The third-order valence-corrected chi connectivity index (χ3v) is 6.24. The van der Waals surface area contributed by atoms with E-state index in [1.165, 1.54) is 18.2 Å². The Kier molecular flexibility index (Phi) is 7.80. The minimum atomic E-state index is 0.507. The number of oxime groups is 2. The van der Waals surface area contributed by atoms with Crippen LogP contribution in [0, 0.1) is 6.92 Å². The van der Waals surface area contributed by atoms with Gasteiger partial charge in [0.25, 0.3) is 0 Å². The fourth-order valence-corrected chi connectivity index (χ4v) is 4.42. The molecule has 8 nitrogen and oxygen atoms in total. The van der Waals surface area contributed by atoms with Gasteiger partial charge in [0, 0.05) is 17.1 Å². The number of benzene rings is 1. The molecule has 0 N–H and O–H groups in total. The molecule has 8 heteroatoms. The smallest absolute Gasteiger partial charge is 0.162 e. The van der Waals surface area contributed by atoms with E-state index in [4.69, 9.17) is 24.1 Å². The highest BCUT2D eigenvalue weighted by Gasteiger charge is 2.22. The summed E-state index contributed by atoms with van der Waals surface area (Å²) in [5, 5.41) is 9.52. The maximum atomic E-state index is 5.73. The highest BCUT2D eigenvalue weighted by atomic mass is 16.6. The van der Waals surface area contributed by atoms with Crippen LogP contribution in [0.4, 0.5) is 0 Å². The normalized spacial score (nSPS) is 14.7.